The largest absolute Gasteiger partial charge is 0.482 e. The first-order valence-corrected chi connectivity index (χ1v) is 14.0. The predicted octanol–water partition coefficient (Wildman–Crippen LogP) is 5.93. The zero-order chi connectivity index (χ0) is 28.2. The van der Waals surface area contributed by atoms with Crippen molar-refractivity contribution in [3.8, 4) is 22.9 Å². The van der Waals surface area contributed by atoms with E-state index >= 15 is 0 Å². The average Bonchev–Trinajstić information content (AvgIpc) is 2.95. The Kier molecular flexibility index (Phi) is 8.27. The molecule has 1 aliphatic carbocycles. The molecule has 3 aromatic rings. The number of hydrogen-bond acceptors (Lipinski definition) is 8. The summed E-state index contributed by atoms with van der Waals surface area (Å²) in [5.74, 6) is 1.69. The highest BCUT2D eigenvalue weighted by molar-refractivity contribution is 6.30. The van der Waals surface area contributed by atoms with Gasteiger partial charge in [0.15, 0.2) is 6.61 Å². The highest BCUT2D eigenvalue weighted by Crippen LogP contribution is 2.40. The number of nitriles is 1. The molecular formula is C30H32ClN7O2. The van der Waals surface area contributed by atoms with Crippen LogP contribution in [0.4, 0.5) is 11.5 Å². The standard InChI is InChI=1S/C30H32ClN7O2/c1-18(2)10-24-22(12-32)29(23(13-33)30(37-24)36-21-6-4-3-5-7-21)19-8-9-25-26(11-19)40-17-28(39)38(25)16-27-34-14-20(31)15-35-27/h8-9,11,13-15,18,21,33H,3-7,10,16-17H2,1-2H3,(H,36,37). The summed E-state index contributed by atoms with van der Waals surface area (Å²) in [7, 11) is 0. The average molecular weight is 558 g/mol. The zero-order valence-electron chi connectivity index (χ0n) is 22.7. The summed E-state index contributed by atoms with van der Waals surface area (Å²) in [4.78, 5) is 27.7. The summed E-state index contributed by atoms with van der Waals surface area (Å²) >= 11 is 5.92. The van der Waals surface area contributed by atoms with Crippen molar-refractivity contribution in [2.75, 3.05) is 16.8 Å². The number of halogens is 1. The molecule has 0 unspecified atom stereocenters. The summed E-state index contributed by atoms with van der Waals surface area (Å²) in [5, 5.41) is 22.7. The molecule has 1 saturated carbocycles. The quantitative estimate of drug-likeness (QED) is 0.328. The van der Waals surface area contributed by atoms with Crippen molar-refractivity contribution in [1.29, 1.82) is 10.7 Å². The topological polar surface area (TPSA) is 128 Å². The Morgan fingerprint density at radius 3 is 2.67 bits per heavy atom. The van der Waals surface area contributed by atoms with Gasteiger partial charge in [0.25, 0.3) is 5.91 Å². The molecule has 2 N–H and O–H groups in total. The van der Waals surface area contributed by atoms with Gasteiger partial charge in [-0.3, -0.25) is 9.69 Å². The molecule has 1 aliphatic heterocycles. The molecule has 1 amide bonds. The lowest BCUT2D eigenvalue weighted by Crippen LogP contribution is -2.38. The van der Waals surface area contributed by atoms with Gasteiger partial charge in [-0.2, -0.15) is 5.26 Å². The van der Waals surface area contributed by atoms with Gasteiger partial charge in [-0.1, -0.05) is 50.8 Å². The molecule has 5 rings (SSSR count). The van der Waals surface area contributed by atoms with Crippen molar-refractivity contribution in [3.63, 3.8) is 0 Å². The van der Waals surface area contributed by atoms with Crippen molar-refractivity contribution in [3.05, 3.63) is 58.3 Å². The molecule has 0 radical (unpaired) electrons. The van der Waals surface area contributed by atoms with Crippen LogP contribution in [0.3, 0.4) is 0 Å². The van der Waals surface area contributed by atoms with E-state index in [4.69, 9.17) is 26.7 Å². The van der Waals surface area contributed by atoms with Crippen LogP contribution in [0.1, 0.15) is 68.6 Å². The number of anilines is 2. The SMILES string of the molecule is CC(C)Cc1nc(NC2CCCCC2)c(C=N)c(-c2ccc3c(c2)OCC(=O)N3Cc2ncc(Cl)cn2)c1C#N. The monoisotopic (exact) mass is 557 g/mol. The van der Waals surface area contributed by atoms with Crippen molar-refractivity contribution in [2.45, 2.75) is 65.0 Å². The fraction of sp³-hybridized carbons (Fsp3) is 0.400. The number of ether oxygens (including phenoxy) is 1. The Balaban J connectivity index is 1.59. The van der Waals surface area contributed by atoms with Crippen LogP contribution >= 0.6 is 11.6 Å². The minimum atomic E-state index is -0.209. The number of hydrogen-bond donors (Lipinski definition) is 2. The van der Waals surface area contributed by atoms with Gasteiger partial charge in [-0.25, -0.2) is 15.0 Å². The Bertz CT molecular complexity index is 1460. The molecule has 1 aromatic carbocycles. The minimum Gasteiger partial charge on any atom is -0.482 e. The minimum absolute atomic E-state index is 0.129. The lowest BCUT2D eigenvalue weighted by Gasteiger charge is -2.29. The number of amides is 1. The molecule has 40 heavy (non-hydrogen) atoms. The van der Waals surface area contributed by atoms with Gasteiger partial charge in [0.1, 0.15) is 23.5 Å². The Labute approximate surface area is 239 Å². The molecule has 0 saturated heterocycles. The first-order valence-electron chi connectivity index (χ1n) is 13.7. The molecule has 0 bridgehead atoms. The molecule has 2 aliphatic rings. The van der Waals surface area contributed by atoms with E-state index in [0.29, 0.717) is 62.8 Å². The van der Waals surface area contributed by atoms with E-state index in [1.54, 1.807) is 4.90 Å². The Morgan fingerprint density at radius 1 is 1.25 bits per heavy atom. The third-order valence-corrected chi connectivity index (χ3v) is 7.47. The van der Waals surface area contributed by atoms with Crippen molar-refractivity contribution < 1.29 is 9.53 Å². The van der Waals surface area contributed by atoms with Gasteiger partial charge < -0.3 is 15.5 Å². The number of pyridine rings is 1. The highest BCUT2D eigenvalue weighted by atomic mass is 35.5. The van der Waals surface area contributed by atoms with Crippen LogP contribution in [-0.4, -0.2) is 39.7 Å². The maximum absolute atomic E-state index is 12.8. The van der Waals surface area contributed by atoms with E-state index in [1.807, 2.05) is 18.2 Å². The normalized spacial score (nSPS) is 15.4. The van der Waals surface area contributed by atoms with Crippen molar-refractivity contribution in [2.24, 2.45) is 5.92 Å². The molecule has 0 atom stereocenters. The number of nitrogens with one attached hydrogen (secondary N) is 2. The smallest absolute Gasteiger partial charge is 0.265 e. The number of aromatic nitrogens is 3. The van der Waals surface area contributed by atoms with Crippen molar-refractivity contribution >= 4 is 35.2 Å². The van der Waals surface area contributed by atoms with Gasteiger partial charge in [0.05, 0.1) is 28.5 Å². The highest BCUT2D eigenvalue weighted by Gasteiger charge is 2.29. The van der Waals surface area contributed by atoms with Crippen molar-refractivity contribution in [1.82, 2.24) is 15.0 Å². The first kappa shape index (κ1) is 27.5. The van der Waals surface area contributed by atoms with E-state index in [9.17, 15) is 10.1 Å². The number of carbonyl (C=O) groups is 1. The number of benzene rings is 1. The van der Waals surface area contributed by atoms with Crippen LogP contribution in [0, 0.1) is 22.7 Å². The fourth-order valence-electron chi connectivity index (χ4n) is 5.39. The second-order valence-corrected chi connectivity index (χ2v) is 11.1. The zero-order valence-corrected chi connectivity index (χ0v) is 23.5. The lowest BCUT2D eigenvalue weighted by molar-refractivity contribution is -0.121. The lowest BCUT2D eigenvalue weighted by atomic mass is 9.90. The molecule has 1 fully saturated rings. The van der Waals surface area contributed by atoms with E-state index in [-0.39, 0.29) is 25.1 Å². The van der Waals surface area contributed by atoms with Crippen LogP contribution in [0.25, 0.3) is 11.1 Å². The summed E-state index contributed by atoms with van der Waals surface area (Å²) in [6.45, 7) is 4.24. The molecular weight excluding hydrogens is 526 g/mol. The number of fused-ring (bicyclic) bond motifs is 1. The summed E-state index contributed by atoms with van der Waals surface area (Å²) in [5.41, 5.74) is 3.71. The molecule has 206 valence electrons. The Morgan fingerprint density at radius 2 is 2.00 bits per heavy atom. The summed E-state index contributed by atoms with van der Waals surface area (Å²) in [6.07, 6.45) is 10.6. The molecule has 9 nitrogen and oxygen atoms in total. The number of nitrogens with zero attached hydrogens (tertiary/aromatic N) is 5. The summed E-state index contributed by atoms with van der Waals surface area (Å²) in [6, 6.07) is 8.18. The van der Waals surface area contributed by atoms with E-state index in [1.165, 1.54) is 25.0 Å². The molecule has 0 spiro atoms. The van der Waals surface area contributed by atoms with E-state index in [2.05, 4.69) is 35.2 Å². The van der Waals surface area contributed by atoms with Crippen LogP contribution in [0.5, 0.6) is 5.75 Å². The molecule has 2 aromatic heterocycles. The number of carbonyl (C=O) groups excluding carboxylic acids is 1. The van der Waals surface area contributed by atoms with Crippen LogP contribution in [0.15, 0.2) is 30.6 Å². The molecule has 10 heteroatoms. The third kappa shape index (κ3) is 5.77. The van der Waals surface area contributed by atoms with Crippen LogP contribution in [0.2, 0.25) is 5.02 Å². The predicted molar refractivity (Wildman–Crippen MR) is 155 cm³/mol. The van der Waals surface area contributed by atoms with Crippen LogP contribution in [-0.2, 0) is 17.8 Å². The maximum atomic E-state index is 12.8. The van der Waals surface area contributed by atoms with E-state index < -0.39 is 0 Å². The Hall–Kier alpha value is -4.03. The second kappa shape index (κ2) is 12.0. The second-order valence-electron chi connectivity index (χ2n) is 10.7. The maximum Gasteiger partial charge on any atom is 0.265 e. The van der Waals surface area contributed by atoms with Gasteiger partial charge in [0.2, 0.25) is 0 Å². The van der Waals surface area contributed by atoms with E-state index in [0.717, 1.165) is 31.2 Å². The third-order valence-electron chi connectivity index (χ3n) is 7.28. The van der Waals surface area contributed by atoms with Gasteiger partial charge in [-0.05, 0) is 42.9 Å². The van der Waals surface area contributed by atoms with Gasteiger partial charge in [0, 0.05) is 35.8 Å². The van der Waals surface area contributed by atoms with Gasteiger partial charge >= 0.3 is 0 Å². The molecule has 3 heterocycles. The van der Waals surface area contributed by atoms with Gasteiger partial charge in [-0.15, -0.1) is 0 Å². The fourth-order valence-corrected chi connectivity index (χ4v) is 5.49. The van der Waals surface area contributed by atoms with Crippen LogP contribution < -0.4 is 15.0 Å². The first-order chi connectivity index (χ1) is 19.4. The summed E-state index contributed by atoms with van der Waals surface area (Å²) < 4.78 is 5.85. The number of rotatable bonds is 8.